The van der Waals surface area contributed by atoms with Crippen LogP contribution in [-0.4, -0.2) is 52.8 Å². The summed E-state index contributed by atoms with van der Waals surface area (Å²) in [5.74, 6) is 1.34. The summed E-state index contributed by atoms with van der Waals surface area (Å²) in [6.45, 7) is 2.80. The van der Waals surface area contributed by atoms with Crippen molar-refractivity contribution in [1.29, 1.82) is 0 Å². The molecule has 0 saturated heterocycles. The van der Waals surface area contributed by atoms with Gasteiger partial charge in [0, 0.05) is 62.8 Å². The number of halogens is 1. The molecule has 0 N–H and O–H groups in total. The van der Waals surface area contributed by atoms with Crippen molar-refractivity contribution in [2.24, 2.45) is 9.98 Å². The summed E-state index contributed by atoms with van der Waals surface area (Å²) in [6.07, 6.45) is 6.64. The van der Waals surface area contributed by atoms with Crippen LogP contribution in [0.5, 0.6) is 11.5 Å². The molecule has 0 bridgehead atoms. The van der Waals surface area contributed by atoms with E-state index in [9.17, 15) is 0 Å². The molecule has 0 fully saturated rings. The van der Waals surface area contributed by atoms with Crippen molar-refractivity contribution >= 4 is 22.8 Å². The van der Waals surface area contributed by atoms with E-state index in [0.29, 0.717) is 24.5 Å². The molecule has 6 nitrogen and oxygen atoms in total. The third kappa shape index (κ3) is 6.55. The van der Waals surface area contributed by atoms with Crippen LogP contribution in [0.2, 0.25) is 0 Å². The molecule has 0 aliphatic carbocycles. The fourth-order valence-corrected chi connectivity index (χ4v) is 5.75. The maximum Gasteiger partial charge on any atom is 0.169 e. The van der Waals surface area contributed by atoms with Gasteiger partial charge in [-0.15, -0.1) is 0 Å². The lowest BCUT2D eigenvalue weighted by Crippen LogP contribution is -2.22. The van der Waals surface area contributed by atoms with Gasteiger partial charge < -0.3 is 19.3 Å². The van der Waals surface area contributed by atoms with Crippen molar-refractivity contribution in [3.63, 3.8) is 0 Å². The normalized spacial score (nSPS) is 15.1. The molecule has 0 spiro atoms. The van der Waals surface area contributed by atoms with E-state index in [-0.39, 0.29) is 5.82 Å². The van der Waals surface area contributed by atoms with Crippen molar-refractivity contribution in [3.05, 3.63) is 82.7 Å². The molecule has 0 saturated carbocycles. The van der Waals surface area contributed by atoms with Gasteiger partial charge in [-0.3, -0.25) is 9.98 Å². The SMILES string of the molecule is COc1cc(C2=NCCCC2)ccc1CN(C)c1cccc(N(C)Cc2ccc(C3=NCCCC3)cc2OC)c1F. The largest absolute Gasteiger partial charge is 0.496 e. The summed E-state index contributed by atoms with van der Waals surface area (Å²) in [5.41, 5.74) is 7.58. The van der Waals surface area contributed by atoms with Gasteiger partial charge in [-0.05, 0) is 73.9 Å². The maximum absolute atomic E-state index is 16.0. The molecule has 41 heavy (non-hydrogen) atoms. The minimum Gasteiger partial charge on any atom is -0.496 e. The Kier molecular flexibility index (Phi) is 9.22. The number of benzene rings is 3. The first-order chi connectivity index (χ1) is 20.0. The van der Waals surface area contributed by atoms with Crippen LogP contribution in [0, 0.1) is 5.82 Å². The number of rotatable bonds is 10. The lowest BCUT2D eigenvalue weighted by Gasteiger charge is -2.26. The minimum atomic E-state index is -0.253. The zero-order valence-corrected chi connectivity index (χ0v) is 24.8. The molecule has 2 aliphatic rings. The van der Waals surface area contributed by atoms with E-state index in [4.69, 9.17) is 19.5 Å². The van der Waals surface area contributed by atoms with Crippen LogP contribution < -0.4 is 19.3 Å². The van der Waals surface area contributed by atoms with Gasteiger partial charge in [0.15, 0.2) is 5.82 Å². The van der Waals surface area contributed by atoms with E-state index < -0.39 is 0 Å². The van der Waals surface area contributed by atoms with Crippen molar-refractivity contribution in [2.45, 2.75) is 51.6 Å². The molecule has 0 atom stereocenters. The third-order valence-electron chi connectivity index (χ3n) is 8.08. The molecule has 0 radical (unpaired) electrons. The second-order valence-corrected chi connectivity index (χ2v) is 10.9. The van der Waals surface area contributed by atoms with Crippen molar-refractivity contribution < 1.29 is 13.9 Å². The number of nitrogens with zero attached hydrogens (tertiary/aromatic N) is 4. The predicted molar refractivity (Wildman–Crippen MR) is 167 cm³/mol. The average Bonchev–Trinajstić information content (AvgIpc) is 3.02. The predicted octanol–water partition coefficient (Wildman–Crippen LogP) is 7.06. The molecule has 0 aromatic heterocycles. The van der Waals surface area contributed by atoms with E-state index in [1.807, 2.05) is 42.1 Å². The molecule has 7 heteroatoms. The summed E-state index contributed by atoms with van der Waals surface area (Å²) in [5, 5.41) is 0. The smallest absolute Gasteiger partial charge is 0.169 e. The summed E-state index contributed by atoms with van der Waals surface area (Å²) < 4.78 is 27.5. The van der Waals surface area contributed by atoms with E-state index in [1.165, 1.54) is 12.8 Å². The van der Waals surface area contributed by atoms with Crippen LogP contribution in [0.25, 0.3) is 0 Å². The highest BCUT2D eigenvalue weighted by Crippen LogP contribution is 2.32. The van der Waals surface area contributed by atoms with Crippen LogP contribution >= 0.6 is 0 Å². The van der Waals surface area contributed by atoms with Gasteiger partial charge in [0.1, 0.15) is 11.5 Å². The molecule has 2 aliphatic heterocycles. The Hall–Kier alpha value is -3.87. The molecular formula is C34H41FN4O2. The Bertz CT molecular complexity index is 1330. The molecule has 5 rings (SSSR count). The minimum absolute atomic E-state index is 0.253. The van der Waals surface area contributed by atoms with Crippen LogP contribution in [-0.2, 0) is 13.1 Å². The third-order valence-corrected chi connectivity index (χ3v) is 8.08. The Labute approximate surface area is 243 Å². The monoisotopic (exact) mass is 556 g/mol. The second-order valence-electron chi connectivity index (χ2n) is 10.9. The molecular weight excluding hydrogens is 515 g/mol. The summed E-state index contributed by atoms with van der Waals surface area (Å²) >= 11 is 0. The van der Waals surface area contributed by atoms with Crippen LogP contribution in [0.15, 0.2) is 64.6 Å². The van der Waals surface area contributed by atoms with E-state index in [2.05, 4.69) is 36.4 Å². The highest BCUT2D eigenvalue weighted by Gasteiger charge is 2.19. The summed E-state index contributed by atoms with van der Waals surface area (Å²) in [6, 6.07) is 18.0. The number of ether oxygens (including phenoxy) is 2. The van der Waals surface area contributed by atoms with Crippen LogP contribution in [0.3, 0.4) is 0 Å². The van der Waals surface area contributed by atoms with Gasteiger partial charge in [0.2, 0.25) is 0 Å². The number of aliphatic imine (C=N–C) groups is 2. The first kappa shape index (κ1) is 28.7. The molecule has 3 aromatic rings. The number of anilines is 2. The van der Waals surface area contributed by atoms with Gasteiger partial charge in [-0.2, -0.15) is 0 Å². The first-order valence-electron chi connectivity index (χ1n) is 14.6. The summed E-state index contributed by atoms with van der Waals surface area (Å²) in [7, 11) is 7.20. The maximum atomic E-state index is 16.0. The Morgan fingerprint density at radius 3 is 1.54 bits per heavy atom. The molecule has 3 aromatic carbocycles. The van der Waals surface area contributed by atoms with Gasteiger partial charge in [-0.25, -0.2) is 4.39 Å². The van der Waals surface area contributed by atoms with E-state index in [0.717, 1.165) is 83.9 Å². The zero-order chi connectivity index (χ0) is 28.8. The fraction of sp³-hybridized carbons (Fsp3) is 0.412. The lowest BCUT2D eigenvalue weighted by atomic mass is 9.99. The standard InChI is InChI=1S/C34H41FN4O2/c1-38(22-26-16-14-24(20-32(26)40-3)28-10-5-7-18-36-28)30-12-9-13-31(34(30)35)39(2)23-27-17-15-25(21-33(27)41-4)29-11-6-8-19-37-29/h9,12-17,20-21H,5-8,10-11,18-19,22-23H2,1-4H3. The Morgan fingerprint density at radius 1 is 0.683 bits per heavy atom. The van der Waals surface area contributed by atoms with Crippen molar-refractivity contribution in [2.75, 3.05) is 51.2 Å². The summed E-state index contributed by atoms with van der Waals surface area (Å²) in [4.78, 5) is 13.3. The highest BCUT2D eigenvalue weighted by molar-refractivity contribution is 6.01. The fourth-order valence-electron chi connectivity index (χ4n) is 5.75. The Morgan fingerprint density at radius 2 is 1.15 bits per heavy atom. The van der Waals surface area contributed by atoms with Crippen LogP contribution in [0.4, 0.5) is 15.8 Å². The van der Waals surface area contributed by atoms with Gasteiger partial charge in [-0.1, -0.05) is 30.3 Å². The van der Waals surface area contributed by atoms with E-state index in [1.54, 1.807) is 14.2 Å². The van der Waals surface area contributed by atoms with Crippen LogP contribution in [0.1, 0.15) is 60.8 Å². The molecule has 0 amide bonds. The molecule has 216 valence electrons. The van der Waals surface area contributed by atoms with E-state index >= 15 is 4.39 Å². The van der Waals surface area contributed by atoms with Crippen molar-refractivity contribution in [1.82, 2.24) is 0 Å². The van der Waals surface area contributed by atoms with Gasteiger partial charge in [0.05, 0.1) is 25.6 Å². The topological polar surface area (TPSA) is 49.7 Å². The second kappa shape index (κ2) is 13.2. The zero-order valence-electron chi connectivity index (χ0n) is 24.8. The number of hydrogen-bond acceptors (Lipinski definition) is 6. The highest BCUT2D eigenvalue weighted by atomic mass is 19.1. The molecule has 2 heterocycles. The quantitative estimate of drug-likeness (QED) is 0.268. The van der Waals surface area contributed by atoms with Gasteiger partial charge >= 0.3 is 0 Å². The average molecular weight is 557 g/mol. The van der Waals surface area contributed by atoms with Gasteiger partial charge in [0.25, 0.3) is 0 Å². The van der Waals surface area contributed by atoms with Crippen molar-refractivity contribution in [3.8, 4) is 11.5 Å². The Balaban J connectivity index is 1.32. The number of hydrogen-bond donors (Lipinski definition) is 0. The number of methoxy groups -OCH3 is 2. The first-order valence-corrected chi connectivity index (χ1v) is 14.6. The molecule has 0 unspecified atom stereocenters. The lowest BCUT2D eigenvalue weighted by molar-refractivity contribution is 0.409.